The van der Waals surface area contributed by atoms with Gasteiger partial charge in [0, 0.05) is 16.8 Å². The molecule has 0 unspecified atom stereocenters. The van der Waals surface area contributed by atoms with E-state index in [1.807, 2.05) is 0 Å². The summed E-state index contributed by atoms with van der Waals surface area (Å²) in [6, 6.07) is 0. The van der Waals surface area contributed by atoms with Crippen molar-refractivity contribution in [3.05, 3.63) is 16.6 Å². The molecule has 1 heterocycles. The number of nitroso groups, excluding NO2 is 1. The van der Waals surface area contributed by atoms with Crippen molar-refractivity contribution in [3.8, 4) is 0 Å². The Balaban J connectivity index is 2.87. The van der Waals surface area contributed by atoms with Gasteiger partial charge in [0.1, 0.15) is 5.54 Å². The molecule has 0 bridgehead atoms. The number of allylic oxidation sites excluding steroid dienone is 1. The van der Waals surface area contributed by atoms with E-state index in [1.54, 1.807) is 0 Å². The Labute approximate surface area is 111 Å². The highest BCUT2D eigenvalue weighted by Crippen LogP contribution is 2.29. The van der Waals surface area contributed by atoms with Crippen LogP contribution in [0.2, 0.25) is 0 Å². The van der Waals surface area contributed by atoms with E-state index in [9.17, 15) is 27.7 Å². The van der Waals surface area contributed by atoms with Crippen molar-refractivity contribution in [1.29, 1.82) is 0 Å². The van der Waals surface area contributed by atoms with Crippen molar-refractivity contribution in [2.75, 3.05) is 13.2 Å². The zero-order valence-corrected chi connectivity index (χ0v) is 10.4. The summed E-state index contributed by atoms with van der Waals surface area (Å²) < 4.78 is 41.8. The van der Waals surface area contributed by atoms with Crippen molar-refractivity contribution >= 4 is 11.8 Å². The molecular formula is C10H12F3N3O4. The number of hydrogen-bond donors (Lipinski definition) is 1. The summed E-state index contributed by atoms with van der Waals surface area (Å²) in [5.74, 6) is 3.25. The predicted octanol–water partition coefficient (Wildman–Crippen LogP) is 0.649. The van der Waals surface area contributed by atoms with Crippen LogP contribution in [0, 0.1) is 4.91 Å². The fourth-order valence-corrected chi connectivity index (χ4v) is 1.55. The fourth-order valence-electron chi connectivity index (χ4n) is 1.55. The molecule has 0 aliphatic carbocycles. The van der Waals surface area contributed by atoms with Crippen LogP contribution in [0.5, 0.6) is 0 Å². The third kappa shape index (κ3) is 3.39. The Morgan fingerprint density at radius 1 is 1.45 bits per heavy atom. The summed E-state index contributed by atoms with van der Waals surface area (Å²) in [6.45, 7) is 0.401. The second-order valence-corrected chi connectivity index (χ2v) is 4.41. The number of rotatable bonds is 4. The van der Waals surface area contributed by atoms with Crippen LogP contribution in [0.3, 0.4) is 0 Å². The van der Waals surface area contributed by atoms with Crippen molar-refractivity contribution in [3.63, 3.8) is 0 Å². The SMILES string of the molecule is C/C(=C\C(=O)N(N)C1(CC(=O)N=O)COC1)C(F)(F)F. The minimum absolute atomic E-state index is 0.157. The number of carbonyl (C=O) groups is 2. The van der Waals surface area contributed by atoms with Gasteiger partial charge in [-0.1, -0.05) is 0 Å². The number of alkyl halides is 3. The molecule has 112 valence electrons. The van der Waals surface area contributed by atoms with Gasteiger partial charge in [0.25, 0.3) is 11.8 Å². The fraction of sp³-hybridized carbons (Fsp3) is 0.600. The second kappa shape index (κ2) is 5.67. The maximum absolute atomic E-state index is 12.3. The number of hydrogen-bond acceptors (Lipinski definition) is 5. The molecule has 1 fully saturated rings. The molecule has 0 saturated carbocycles. The van der Waals surface area contributed by atoms with Crippen LogP contribution in [-0.2, 0) is 14.3 Å². The quantitative estimate of drug-likeness (QED) is 0.270. The molecule has 0 aromatic carbocycles. The molecule has 0 aromatic heterocycles. The number of halogens is 3. The molecule has 0 atom stereocenters. The van der Waals surface area contributed by atoms with E-state index in [0.29, 0.717) is 18.0 Å². The summed E-state index contributed by atoms with van der Waals surface area (Å²) in [5, 5.41) is 2.64. The molecule has 20 heavy (non-hydrogen) atoms. The highest BCUT2D eigenvalue weighted by Gasteiger charge is 2.47. The lowest BCUT2D eigenvalue weighted by molar-refractivity contribution is -0.169. The monoisotopic (exact) mass is 295 g/mol. The van der Waals surface area contributed by atoms with Gasteiger partial charge in [-0.3, -0.25) is 14.6 Å². The van der Waals surface area contributed by atoms with Crippen LogP contribution < -0.4 is 5.84 Å². The molecule has 1 aliphatic rings. The number of hydrazine groups is 1. The third-order valence-corrected chi connectivity index (χ3v) is 2.86. The Kier molecular flexibility index (Phi) is 4.61. The normalized spacial score (nSPS) is 18.1. The first kappa shape index (κ1) is 16.2. The van der Waals surface area contributed by atoms with Gasteiger partial charge in [-0.25, -0.2) is 5.84 Å². The van der Waals surface area contributed by atoms with E-state index in [1.165, 1.54) is 0 Å². The van der Waals surface area contributed by atoms with Gasteiger partial charge in [-0.05, 0) is 6.92 Å². The van der Waals surface area contributed by atoms with Crippen LogP contribution in [0.25, 0.3) is 0 Å². The molecule has 0 radical (unpaired) electrons. The maximum atomic E-state index is 12.3. The number of nitrogens with two attached hydrogens (primary N) is 1. The van der Waals surface area contributed by atoms with E-state index in [0.717, 1.165) is 0 Å². The highest BCUT2D eigenvalue weighted by molar-refractivity contribution is 5.89. The average molecular weight is 295 g/mol. The number of carbonyl (C=O) groups excluding carboxylic acids is 2. The molecule has 7 nitrogen and oxygen atoms in total. The summed E-state index contributed by atoms with van der Waals surface area (Å²) >= 11 is 0. The number of ether oxygens (including phenoxy) is 1. The van der Waals surface area contributed by atoms with Crippen LogP contribution in [0.1, 0.15) is 13.3 Å². The standard InChI is InChI=1S/C10H12F3N3O4/c1-6(10(11,12)13)2-8(18)16(14)9(4-20-5-9)3-7(17)15-19/h2H,3-5,14H2,1H3/b6-2+. The average Bonchev–Trinajstić information content (AvgIpc) is 2.31. The zero-order valence-electron chi connectivity index (χ0n) is 10.4. The van der Waals surface area contributed by atoms with Crippen LogP contribution >= 0.6 is 0 Å². The smallest absolute Gasteiger partial charge is 0.376 e. The Morgan fingerprint density at radius 2 is 2.00 bits per heavy atom. The Bertz CT molecular complexity index is 457. The molecule has 1 aliphatic heterocycles. The number of nitrogens with zero attached hydrogens (tertiary/aromatic N) is 2. The van der Waals surface area contributed by atoms with Crippen molar-refractivity contribution in [2.45, 2.75) is 25.1 Å². The topological polar surface area (TPSA) is 102 Å². The molecular weight excluding hydrogens is 283 g/mol. The van der Waals surface area contributed by atoms with Gasteiger partial charge in [0.2, 0.25) is 0 Å². The summed E-state index contributed by atoms with van der Waals surface area (Å²) in [6.07, 6.45) is -4.84. The van der Waals surface area contributed by atoms with Crippen LogP contribution in [0.15, 0.2) is 16.8 Å². The summed E-state index contributed by atoms with van der Waals surface area (Å²) in [4.78, 5) is 32.7. The molecule has 10 heteroatoms. The van der Waals surface area contributed by atoms with E-state index >= 15 is 0 Å². The van der Waals surface area contributed by atoms with Gasteiger partial charge in [0.05, 0.1) is 19.6 Å². The van der Waals surface area contributed by atoms with Gasteiger partial charge >= 0.3 is 6.18 Å². The minimum Gasteiger partial charge on any atom is -0.376 e. The van der Waals surface area contributed by atoms with Crippen molar-refractivity contribution < 1.29 is 27.5 Å². The largest absolute Gasteiger partial charge is 0.412 e. The molecule has 2 N–H and O–H groups in total. The van der Waals surface area contributed by atoms with E-state index in [2.05, 4.69) is 5.18 Å². The maximum Gasteiger partial charge on any atom is 0.412 e. The first-order valence-electron chi connectivity index (χ1n) is 5.41. The lowest BCUT2D eigenvalue weighted by atomic mass is 9.91. The number of amides is 2. The first-order valence-corrected chi connectivity index (χ1v) is 5.41. The van der Waals surface area contributed by atoms with Crippen molar-refractivity contribution in [2.24, 2.45) is 11.0 Å². The summed E-state index contributed by atoms with van der Waals surface area (Å²) in [5.41, 5.74) is -2.46. The zero-order chi connectivity index (χ0) is 15.6. The van der Waals surface area contributed by atoms with Crippen molar-refractivity contribution in [1.82, 2.24) is 5.01 Å². The Hall–Kier alpha value is -1.81. The van der Waals surface area contributed by atoms with Crippen LogP contribution in [0.4, 0.5) is 13.2 Å². The molecule has 0 aromatic rings. The molecule has 2 amide bonds. The highest BCUT2D eigenvalue weighted by atomic mass is 19.4. The van der Waals surface area contributed by atoms with Gasteiger partial charge in [-0.15, -0.1) is 4.91 Å². The van der Waals surface area contributed by atoms with E-state index in [4.69, 9.17) is 10.6 Å². The van der Waals surface area contributed by atoms with E-state index < -0.39 is 35.5 Å². The molecule has 0 spiro atoms. The third-order valence-electron chi connectivity index (χ3n) is 2.86. The van der Waals surface area contributed by atoms with Crippen LogP contribution in [-0.4, -0.2) is 41.8 Å². The lowest BCUT2D eigenvalue weighted by Gasteiger charge is -2.45. The molecule has 1 saturated heterocycles. The lowest BCUT2D eigenvalue weighted by Crippen LogP contribution is -2.67. The van der Waals surface area contributed by atoms with Gasteiger partial charge < -0.3 is 4.74 Å². The Morgan fingerprint density at radius 3 is 2.35 bits per heavy atom. The first-order chi connectivity index (χ1) is 9.12. The summed E-state index contributed by atoms with van der Waals surface area (Å²) in [7, 11) is 0. The second-order valence-electron chi connectivity index (χ2n) is 4.41. The predicted molar refractivity (Wildman–Crippen MR) is 59.8 cm³/mol. The van der Waals surface area contributed by atoms with E-state index in [-0.39, 0.29) is 13.2 Å². The minimum atomic E-state index is -4.65. The van der Waals surface area contributed by atoms with Gasteiger partial charge in [0.15, 0.2) is 0 Å². The van der Waals surface area contributed by atoms with Gasteiger partial charge in [-0.2, -0.15) is 13.2 Å². The molecule has 1 rings (SSSR count).